The Bertz CT molecular complexity index is 1810. The number of methoxy groups -OCH3 is 2. The first-order valence-corrected chi connectivity index (χ1v) is 17.3. The Hall–Kier alpha value is -3.84. The van der Waals surface area contributed by atoms with Crippen LogP contribution >= 0.6 is 6.13 Å². The molecule has 0 bridgehead atoms. The van der Waals surface area contributed by atoms with Crippen LogP contribution in [-0.2, 0) is 43.7 Å². The Morgan fingerprint density at radius 2 is 1.62 bits per heavy atom. The molecule has 2 aromatic heterocycles. The first-order chi connectivity index (χ1) is 21.8. The SMILES string of the molecule is COc1ccc(C(OC[C@H]2O[C@@H](n3cnc4c(=O)[nH]c(N)nc43)C[C@@H]2O[P+](=S)[S-])(c2ccccc2)c2ccc(OC)cc2)cc1. The summed E-state index contributed by atoms with van der Waals surface area (Å²) in [5.41, 5.74) is 7.44. The number of aromatic amines is 1. The highest BCUT2D eigenvalue weighted by Crippen LogP contribution is 2.44. The second-order valence-corrected chi connectivity index (χ2v) is 13.7. The molecule has 0 amide bonds. The molecule has 0 aliphatic carbocycles. The molecular formula is C31H30N5O6PS2. The average Bonchev–Trinajstić information content (AvgIpc) is 3.66. The molecule has 1 unspecified atom stereocenters. The molecule has 0 radical (unpaired) electrons. The minimum absolute atomic E-state index is 0.0220. The van der Waals surface area contributed by atoms with Crippen molar-refractivity contribution < 1.29 is 23.5 Å². The number of aromatic nitrogens is 4. The van der Waals surface area contributed by atoms with Crippen LogP contribution in [0.4, 0.5) is 5.95 Å². The van der Waals surface area contributed by atoms with Gasteiger partial charge in [0.2, 0.25) is 12.1 Å². The molecule has 232 valence electrons. The number of benzene rings is 3. The summed E-state index contributed by atoms with van der Waals surface area (Å²) in [5.74, 6) is 1.41. The van der Waals surface area contributed by atoms with Gasteiger partial charge in [-0.3, -0.25) is 14.3 Å². The fourth-order valence-electron chi connectivity index (χ4n) is 5.68. The third kappa shape index (κ3) is 6.19. The number of H-pyrrole nitrogens is 1. The predicted molar refractivity (Wildman–Crippen MR) is 176 cm³/mol. The summed E-state index contributed by atoms with van der Waals surface area (Å²) in [6.07, 6.45) is -1.33. The molecule has 14 heteroatoms. The number of fused-ring (bicyclic) bond motifs is 1. The fraction of sp³-hybridized carbons (Fsp3) is 0.258. The Labute approximate surface area is 270 Å². The fourth-order valence-corrected chi connectivity index (χ4v) is 6.78. The van der Waals surface area contributed by atoms with Gasteiger partial charge in [-0.15, -0.1) is 0 Å². The van der Waals surface area contributed by atoms with Gasteiger partial charge < -0.3 is 36.9 Å². The van der Waals surface area contributed by atoms with Crippen LogP contribution in [0.2, 0.25) is 0 Å². The normalized spacial score (nSPS) is 18.6. The summed E-state index contributed by atoms with van der Waals surface area (Å²) in [6.45, 7) is 0.102. The van der Waals surface area contributed by atoms with E-state index in [2.05, 4.69) is 15.0 Å². The van der Waals surface area contributed by atoms with Crippen molar-refractivity contribution in [2.45, 2.75) is 30.5 Å². The van der Waals surface area contributed by atoms with Crippen LogP contribution < -0.4 is 20.8 Å². The van der Waals surface area contributed by atoms with E-state index < -0.39 is 35.7 Å². The summed E-state index contributed by atoms with van der Waals surface area (Å²) >= 11 is 10.6. The molecule has 0 saturated carbocycles. The van der Waals surface area contributed by atoms with Crippen LogP contribution in [0.3, 0.4) is 0 Å². The van der Waals surface area contributed by atoms with Gasteiger partial charge in [-0.1, -0.05) is 54.6 Å². The van der Waals surface area contributed by atoms with Gasteiger partial charge in [0.15, 0.2) is 23.0 Å². The standard InChI is InChI=1S/C31H30N5O6PS2/c1-38-22-12-8-20(9-13-22)31(19-6-4-3-5-7-19,21-10-14-23(39-2)15-11-21)40-17-25-24(42-43(44)45)16-26(41-25)36-18-33-27-28(36)34-30(32)35-29(27)37/h3-15,18,24-26H,16-17H2,1-2H3,(H3,32,34,35,37)/t24-,25+,26+/m0/s1. The highest BCUT2D eigenvalue weighted by molar-refractivity contribution is 8.45. The summed E-state index contributed by atoms with van der Waals surface area (Å²) in [4.78, 5) is 23.4. The summed E-state index contributed by atoms with van der Waals surface area (Å²) in [5, 5.41) is 0. The van der Waals surface area contributed by atoms with Crippen LogP contribution in [0.15, 0.2) is 90.0 Å². The number of anilines is 1. The van der Waals surface area contributed by atoms with Gasteiger partial charge in [0.05, 0.1) is 27.2 Å². The third-order valence-electron chi connectivity index (χ3n) is 7.80. The highest BCUT2D eigenvalue weighted by Gasteiger charge is 2.44. The molecule has 11 nitrogen and oxygen atoms in total. The molecule has 4 atom stereocenters. The second-order valence-electron chi connectivity index (χ2n) is 10.3. The van der Waals surface area contributed by atoms with E-state index in [1.807, 2.05) is 78.9 Å². The number of nitrogens with zero attached hydrogens (tertiary/aromatic N) is 3. The summed E-state index contributed by atoms with van der Waals surface area (Å²) in [7, 11) is 3.26. The van der Waals surface area contributed by atoms with E-state index in [1.54, 1.807) is 18.8 Å². The lowest BCUT2D eigenvalue weighted by molar-refractivity contribution is -0.0890. The zero-order valence-corrected chi connectivity index (χ0v) is 26.9. The zero-order chi connectivity index (χ0) is 31.6. The summed E-state index contributed by atoms with van der Waals surface area (Å²) < 4.78 is 32.2. The van der Waals surface area contributed by atoms with E-state index in [4.69, 9.17) is 53.3 Å². The van der Waals surface area contributed by atoms with Gasteiger partial charge in [-0.2, -0.15) is 9.51 Å². The maximum absolute atomic E-state index is 12.4. The number of hydrogen-bond donors (Lipinski definition) is 2. The van der Waals surface area contributed by atoms with Crippen LogP contribution in [-0.4, -0.2) is 52.6 Å². The van der Waals surface area contributed by atoms with E-state index in [-0.39, 0.29) is 18.1 Å². The van der Waals surface area contributed by atoms with E-state index in [0.29, 0.717) is 12.1 Å². The molecule has 3 N–H and O–H groups in total. The molecule has 3 heterocycles. The number of rotatable bonds is 11. The lowest BCUT2D eigenvalue weighted by Crippen LogP contribution is -2.38. The number of hydrogen-bond acceptors (Lipinski definition) is 11. The number of nitrogen functional groups attached to an aromatic ring is 1. The van der Waals surface area contributed by atoms with Gasteiger partial charge in [0.25, 0.3) is 5.56 Å². The minimum Gasteiger partial charge on any atom is -0.497 e. The van der Waals surface area contributed by atoms with Gasteiger partial charge in [-0.05, 0) is 41.0 Å². The van der Waals surface area contributed by atoms with Crippen molar-refractivity contribution in [2.24, 2.45) is 0 Å². The topological polar surface area (TPSA) is 136 Å². The van der Waals surface area contributed by atoms with Gasteiger partial charge in [0.1, 0.15) is 35.5 Å². The number of imidazole rings is 1. The van der Waals surface area contributed by atoms with Crippen molar-refractivity contribution in [3.63, 3.8) is 0 Å². The molecule has 45 heavy (non-hydrogen) atoms. The molecule has 1 fully saturated rings. The number of nitrogens with two attached hydrogens (primary N) is 1. The molecule has 1 aliphatic rings. The van der Waals surface area contributed by atoms with Crippen molar-refractivity contribution in [3.8, 4) is 11.5 Å². The van der Waals surface area contributed by atoms with Crippen molar-refractivity contribution in [1.82, 2.24) is 19.5 Å². The smallest absolute Gasteiger partial charge is 0.280 e. The Morgan fingerprint density at radius 1 is 1.02 bits per heavy atom. The highest BCUT2D eigenvalue weighted by atomic mass is 32.9. The van der Waals surface area contributed by atoms with E-state index in [0.717, 1.165) is 28.2 Å². The van der Waals surface area contributed by atoms with Crippen LogP contribution in [0.5, 0.6) is 11.5 Å². The monoisotopic (exact) mass is 663 g/mol. The van der Waals surface area contributed by atoms with E-state index in [9.17, 15) is 4.79 Å². The van der Waals surface area contributed by atoms with Crippen molar-refractivity contribution in [2.75, 3.05) is 26.6 Å². The average molecular weight is 664 g/mol. The number of ether oxygens (including phenoxy) is 4. The van der Waals surface area contributed by atoms with Crippen molar-refractivity contribution >= 4 is 47.3 Å². The molecule has 6 rings (SSSR count). The quantitative estimate of drug-likeness (QED) is 0.115. The van der Waals surface area contributed by atoms with Crippen LogP contribution in [0.1, 0.15) is 29.3 Å². The molecular weight excluding hydrogens is 633 g/mol. The van der Waals surface area contributed by atoms with Crippen molar-refractivity contribution in [3.05, 3.63) is 112 Å². The molecule has 5 aromatic rings. The largest absolute Gasteiger partial charge is 0.497 e. The molecule has 1 aliphatic heterocycles. The second kappa shape index (κ2) is 13.3. The Balaban J connectivity index is 1.41. The molecule has 3 aromatic carbocycles. The zero-order valence-electron chi connectivity index (χ0n) is 24.4. The lowest BCUT2D eigenvalue weighted by Gasteiger charge is -2.37. The maximum atomic E-state index is 12.4. The first kappa shape index (κ1) is 31.2. The van der Waals surface area contributed by atoms with E-state index in [1.165, 1.54) is 6.33 Å². The van der Waals surface area contributed by atoms with Crippen LogP contribution in [0.25, 0.3) is 11.2 Å². The Kier molecular flexibility index (Phi) is 9.18. The third-order valence-corrected chi connectivity index (χ3v) is 8.76. The maximum Gasteiger partial charge on any atom is 0.280 e. The Morgan fingerprint density at radius 3 is 2.20 bits per heavy atom. The van der Waals surface area contributed by atoms with Gasteiger partial charge >= 0.3 is 0 Å². The molecule has 0 spiro atoms. The minimum atomic E-state index is -1.55. The number of nitrogens with one attached hydrogen (secondary N) is 1. The van der Waals surface area contributed by atoms with E-state index >= 15 is 0 Å². The lowest BCUT2D eigenvalue weighted by atomic mass is 9.80. The van der Waals surface area contributed by atoms with Gasteiger partial charge in [0, 0.05) is 6.42 Å². The van der Waals surface area contributed by atoms with Crippen LogP contribution in [0, 0.1) is 0 Å². The summed E-state index contributed by atoms with van der Waals surface area (Å²) in [6, 6.07) is 25.5. The first-order valence-electron chi connectivity index (χ1n) is 14.0. The predicted octanol–water partition coefficient (Wildman–Crippen LogP) is 4.72. The van der Waals surface area contributed by atoms with Crippen molar-refractivity contribution in [1.29, 1.82) is 0 Å². The van der Waals surface area contributed by atoms with Gasteiger partial charge in [-0.25, -0.2) is 4.98 Å². The molecule has 1 saturated heterocycles.